The number of hydrogen-bond donors (Lipinski definition) is 3. The van der Waals surface area contributed by atoms with Gasteiger partial charge in [-0.1, -0.05) is 265 Å². The topological polar surface area (TPSA) is 237 Å². The van der Waals surface area contributed by atoms with Crippen LogP contribution >= 0.6 is 15.6 Å². The lowest BCUT2D eigenvalue weighted by atomic mass is 10.1. The summed E-state index contributed by atoms with van der Waals surface area (Å²) in [4.78, 5) is 72.9. The van der Waals surface area contributed by atoms with Gasteiger partial charge in [0.2, 0.25) is 0 Å². The summed E-state index contributed by atoms with van der Waals surface area (Å²) in [5.41, 5.74) is 0. The minimum Gasteiger partial charge on any atom is -0.462 e. The van der Waals surface area contributed by atoms with Crippen LogP contribution in [0.1, 0.15) is 323 Å². The number of phosphoric acid groups is 2. The first-order valence-electron chi connectivity index (χ1n) is 39.1. The first kappa shape index (κ1) is 95.7. The number of aliphatic hydroxyl groups excluding tert-OH is 1. The first-order valence-corrected chi connectivity index (χ1v) is 42.1. The van der Waals surface area contributed by atoms with Crippen LogP contribution < -0.4 is 0 Å². The maximum Gasteiger partial charge on any atom is 0.472 e. The summed E-state index contributed by atoms with van der Waals surface area (Å²) in [6.07, 6.45) is 77.9. The Morgan fingerprint density at radius 1 is 0.290 bits per heavy atom. The Hall–Kier alpha value is -4.28. The van der Waals surface area contributed by atoms with E-state index in [1.807, 2.05) is 0 Å². The van der Waals surface area contributed by atoms with Gasteiger partial charge < -0.3 is 33.8 Å². The third-order valence-corrected chi connectivity index (χ3v) is 18.1. The van der Waals surface area contributed by atoms with Gasteiger partial charge in [-0.2, -0.15) is 0 Å². The van der Waals surface area contributed by atoms with Gasteiger partial charge >= 0.3 is 39.5 Å². The normalized spacial score (nSPS) is 14.5. The predicted octanol–water partition coefficient (Wildman–Crippen LogP) is 22.6. The second kappa shape index (κ2) is 73.0. The molecule has 0 heterocycles. The van der Waals surface area contributed by atoms with E-state index in [1.165, 1.54) is 51.4 Å². The van der Waals surface area contributed by atoms with E-state index in [0.717, 1.165) is 193 Å². The van der Waals surface area contributed by atoms with Gasteiger partial charge in [0.15, 0.2) is 12.2 Å². The molecule has 0 aromatic heterocycles. The number of unbranched alkanes of at least 4 members (excludes halogenated alkanes) is 29. The van der Waals surface area contributed by atoms with Crippen LogP contribution in [0.15, 0.2) is 109 Å². The fourth-order valence-electron chi connectivity index (χ4n) is 10.3. The summed E-state index contributed by atoms with van der Waals surface area (Å²) in [7, 11) is -9.96. The van der Waals surface area contributed by atoms with Crippen molar-refractivity contribution in [3.05, 3.63) is 109 Å². The Bertz CT molecular complexity index is 2320. The molecule has 0 fully saturated rings. The van der Waals surface area contributed by atoms with E-state index in [-0.39, 0.29) is 25.7 Å². The molecule has 0 rings (SSSR count). The number of phosphoric ester groups is 2. The highest BCUT2D eigenvalue weighted by Crippen LogP contribution is 2.45. The molecule has 5 atom stereocenters. The van der Waals surface area contributed by atoms with E-state index in [2.05, 4.69) is 137 Å². The van der Waals surface area contributed by atoms with Gasteiger partial charge in [0.25, 0.3) is 0 Å². The summed E-state index contributed by atoms with van der Waals surface area (Å²) < 4.78 is 68.5. The average Bonchev–Trinajstić information content (AvgIpc) is 1.02. The second-order valence-electron chi connectivity index (χ2n) is 25.9. The third kappa shape index (κ3) is 72.1. The predicted molar refractivity (Wildman–Crippen MR) is 408 cm³/mol. The molecule has 0 aliphatic rings. The quantitative estimate of drug-likeness (QED) is 0.0169. The molecule has 0 aliphatic heterocycles. The molecule has 576 valence electrons. The van der Waals surface area contributed by atoms with E-state index in [9.17, 15) is 43.2 Å². The van der Waals surface area contributed by atoms with Crippen LogP contribution in [0.4, 0.5) is 0 Å². The molecule has 3 N–H and O–H groups in total. The van der Waals surface area contributed by atoms with Crippen molar-refractivity contribution in [3.8, 4) is 0 Å². The Labute approximate surface area is 607 Å². The molecule has 0 spiro atoms. The monoisotopic (exact) mass is 1450 g/mol. The van der Waals surface area contributed by atoms with Crippen LogP contribution in [0, 0.1) is 0 Å². The molecule has 100 heavy (non-hydrogen) atoms. The highest BCUT2D eigenvalue weighted by atomic mass is 31.2. The van der Waals surface area contributed by atoms with Crippen LogP contribution in [0.3, 0.4) is 0 Å². The molecule has 0 aromatic rings. The molecule has 0 bridgehead atoms. The van der Waals surface area contributed by atoms with E-state index in [0.29, 0.717) is 25.7 Å². The molecule has 0 radical (unpaired) electrons. The van der Waals surface area contributed by atoms with E-state index in [4.69, 9.17) is 37.0 Å². The standard InChI is InChI=1S/C81H140O17P2/c1-5-9-13-17-21-25-29-32-35-37-40-42-46-49-53-57-61-65-78(83)91-71-76(97-80(85)67-63-59-55-51-45-28-24-20-16-12-8-4)73-95-99(87,88)93-69-75(82)70-94-100(89,90)96-74-77(98-81(86)68-64-60-56-52-48-44-39-34-31-27-23-19-15-11-7-3)72-92-79(84)66-62-58-54-50-47-43-41-38-36-33-30-26-22-18-14-10-6-2/h9-10,13-14,20-22,24-26,32-36,39,41,43,75-77,82H,5-8,11-12,15-19,23,27-31,37-38,40,42,44-74H2,1-4H3,(H,87,88)(H,89,90)/b13-9-,14-10-,24-20-,25-21-,26-22-,35-32-,36-33-,39-34-,43-41-. The molecule has 19 heteroatoms. The van der Waals surface area contributed by atoms with Crippen LogP contribution in [-0.4, -0.2) is 96.7 Å². The smallest absolute Gasteiger partial charge is 0.462 e. The van der Waals surface area contributed by atoms with Gasteiger partial charge in [-0.3, -0.25) is 37.3 Å². The van der Waals surface area contributed by atoms with Gasteiger partial charge in [0, 0.05) is 25.7 Å². The maximum absolute atomic E-state index is 13.1. The van der Waals surface area contributed by atoms with Crippen molar-refractivity contribution in [2.24, 2.45) is 0 Å². The minimum absolute atomic E-state index is 0.0788. The summed E-state index contributed by atoms with van der Waals surface area (Å²) in [5, 5.41) is 10.6. The molecule has 17 nitrogen and oxygen atoms in total. The van der Waals surface area contributed by atoms with Crippen molar-refractivity contribution in [1.29, 1.82) is 0 Å². The summed E-state index contributed by atoms with van der Waals surface area (Å²) in [6, 6.07) is 0. The summed E-state index contributed by atoms with van der Waals surface area (Å²) in [6.45, 7) is 4.57. The van der Waals surface area contributed by atoms with Gasteiger partial charge in [0.05, 0.1) is 26.4 Å². The average molecular weight is 1450 g/mol. The van der Waals surface area contributed by atoms with Crippen molar-refractivity contribution in [2.75, 3.05) is 39.6 Å². The second-order valence-corrected chi connectivity index (χ2v) is 28.8. The molecular weight excluding hydrogens is 1310 g/mol. The van der Waals surface area contributed by atoms with E-state index < -0.39 is 97.5 Å². The van der Waals surface area contributed by atoms with E-state index >= 15 is 0 Å². The number of ether oxygens (including phenoxy) is 4. The van der Waals surface area contributed by atoms with Gasteiger partial charge in [-0.25, -0.2) is 9.13 Å². The van der Waals surface area contributed by atoms with Gasteiger partial charge in [-0.05, 0) is 141 Å². The lowest BCUT2D eigenvalue weighted by molar-refractivity contribution is -0.161. The largest absolute Gasteiger partial charge is 0.472 e. The molecule has 0 saturated heterocycles. The van der Waals surface area contributed by atoms with Crippen molar-refractivity contribution in [1.82, 2.24) is 0 Å². The third-order valence-electron chi connectivity index (χ3n) is 16.2. The molecular formula is C81H140O17P2. The SMILES string of the molecule is CC/C=C\C/C=C\C/C=C\C/C=C\CCCCCCC(=O)OCC(COP(=O)(O)OCC(O)COP(=O)(O)OCC(COC(=O)CCCCCCCCC/C=C\C/C=C\C/C=C\CC)OC(=O)CCCCCCC/C=C\CCCC)OC(=O)CCCCCCC/C=C\CCCCCCCC. The van der Waals surface area contributed by atoms with Crippen LogP contribution in [0.2, 0.25) is 0 Å². The van der Waals surface area contributed by atoms with Crippen molar-refractivity contribution < 1.29 is 80.2 Å². The Morgan fingerprint density at radius 3 is 0.840 bits per heavy atom. The number of allylic oxidation sites excluding steroid dienone is 18. The Morgan fingerprint density at radius 2 is 0.530 bits per heavy atom. The zero-order chi connectivity index (χ0) is 73.2. The zero-order valence-electron chi connectivity index (χ0n) is 62.8. The van der Waals surface area contributed by atoms with Crippen LogP contribution in [0.25, 0.3) is 0 Å². The molecule has 0 aliphatic carbocycles. The van der Waals surface area contributed by atoms with Gasteiger partial charge in [0.1, 0.15) is 19.3 Å². The lowest BCUT2D eigenvalue weighted by Gasteiger charge is -2.21. The number of hydrogen-bond acceptors (Lipinski definition) is 15. The highest BCUT2D eigenvalue weighted by Gasteiger charge is 2.30. The molecule has 0 aromatic carbocycles. The Balaban J connectivity index is 5.35. The fourth-order valence-corrected chi connectivity index (χ4v) is 11.8. The molecule has 0 saturated carbocycles. The van der Waals surface area contributed by atoms with Crippen molar-refractivity contribution in [3.63, 3.8) is 0 Å². The lowest BCUT2D eigenvalue weighted by Crippen LogP contribution is -2.30. The minimum atomic E-state index is -4.98. The number of carbonyl (C=O) groups excluding carboxylic acids is 4. The number of rotatable bonds is 73. The number of aliphatic hydroxyl groups is 1. The van der Waals surface area contributed by atoms with Crippen LogP contribution in [-0.2, 0) is 65.4 Å². The maximum atomic E-state index is 13.1. The number of carbonyl (C=O) groups is 4. The van der Waals surface area contributed by atoms with Crippen molar-refractivity contribution >= 4 is 39.5 Å². The number of esters is 4. The fraction of sp³-hybridized carbons (Fsp3) is 0.728. The molecule has 0 amide bonds. The van der Waals surface area contributed by atoms with Gasteiger partial charge in [-0.15, -0.1) is 0 Å². The Kier molecular flexibility index (Phi) is 69.9. The molecule has 5 unspecified atom stereocenters. The van der Waals surface area contributed by atoms with E-state index in [1.54, 1.807) is 0 Å². The zero-order valence-corrected chi connectivity index (χ0v) is 64.6. The van der Waals surface area contributed by atoms with Crippen LogP contribution in [0.5, 0.6) is 0 Å². The highest BCUT2D eigenvalue weighted by molar-refractivity contribution is 7.47. The summed E-state index contributed by atoms with van der Waals surface area (Å²) in [5.74, 6) is -2.22. The summed E-state index contributed by atoms with van der Waals surface area (Å²) >= 11 is 0. The first-order chi connectivity index (χ1) is 48.7. The van der Waals surface area contributed by atoms with Crippen molar-refractivity contribution in [2.45, 2.75) is 341 Å².